The Morgan fingerprint density at radius 1 is 0.889 bits per heavy atom. The zero-order valence-corrected chi connectivity index (χ0v) is 15.5. The molecule has 0 saturated carbocycles. The topological polar surface area (TPSA) is 50.4 Å². The summed E-state index contributed by atoms with van der Waals surface area (Å²) in [7, 11) is 1.64. The molecule has 0 atom stereocenters. The number of urea groups is 1. The maximum Gasteiger partial charge on any atom is 0.323 e. The first-order valence-corrected chi connectivity index (χ1v) is 8.76. The first-order valence-electron chi connectivity index (χ1n) is 8.39. The molecule has 136 valence electrons. The van der Waals surface area contributed by atoms with Gasteiger partial charge in [0, 0.05) is 5.69 Å². The lowest BCUT2D eigenvalue weighted by molar-refractivity contribution is 0.262. The number of methoxy groups -OCH3 is 1. The van der Waals surface area contributed by atoms with Crippen molar-refractivity contribution < 1.29 is 9.53 Å². The van der Waals surface area contributed by atoms with E-state index in [0.717, 1.165) is 16.9 Å². The van der Waals surface area contributed by atoms with Gasteiger partial charge in [-0.3, -0.25) is 0 Å². The van der Waals surface area contributed by atoms with Crippen molar-refractivity contribution in [2.24, 2.45) is 0 Å². The van der Waals surface area contributed by atoms with Crippen molar-refractivity contribution in [2.75, 3.05) is 17.7 Å². The molecule has 5 heteroatoms. The molecule has 3 aromatic rings. The lowest BCUT2D eigenvalue weighted by Crippen LogP contribution is -2.19. The summed E-state index contributed by atoms with van der Waals surface area (Å²) in [5.74, 6) is 0.822. The van der Waals surface area contributed by atoms with Crippen molar-refractivity contribution in [3.8, 4) is 5.75 Å². The average Bonchev–Trinajstić information content (AvgIpc) is 2.69. The van der Waals surface area contributed by atoms with Crippen LogP contribution in [0.15, 0.2) is 72.8 Å². The second-order valence-electron chi connectivity index (χ2n) is 5.79. The number of carbonyl (C=O) groups is 1. The zero-order chi connectivity index (χ0) is 19.1. The molecule has 0 saturated heterocycles. The second-order valence-corrected chi connectivity index (χ2v) is 6.20. The third-order valence-corrected chi connectivity index (χ3v) is 4.18. The van der Waals surface area contributed by atoms with Crippen LogP contribution in [0, 0.1) is 0 Å². The molecule has 2 amide bonds. The number of rotatable bonds is 5. The van der Waals surface area contributed by atoms with E-state index in [0.29, 0.717) is 16.4 Å². The molecule has 0 spiro atoms. The summed E-state index contributed by atoms with van der Waals surface area (Å²) in [5.41, 5.74) is 3.29. The molecule has 0 aliphatic heterocycles. The molecular formula is C22H19ClN2O2. The molecular weight excluding hydrogens is 360 g/mol. The Balaban J connectivity index is 1.65. The Bertz CT molecular complexity index is 953. The number of ether oxygens (including phenoxy) is 1. The highest BCUT2D eigenvalue weighted by Gasteiger charge is 2.05. The molecule has 0 aliphatic carbocycles. The maximum atomic E-state index is 12.2. The van der Waals surface area contributed by atoms with E-state index in [-0.39, 0.29) is 6.03 Å². The molecule has 0 aromatic heterocycles. The van der Waals surface area contributed by atoms with Gasteiger partial charge in [0.2, 0.25) is 0 Å². The first-order chi connectivity index (χ1) is 13.1. The third kappa shape index (κ3) is 5.36. The van der Waals surface area contributed by atoms with Crippen molar-refractivity contribution in [3.63, 3.8) is 0 Å². The highest BCUT2D eigenvalue weighted by molar-refractivity contribution is 6.33. The molecule has 0 aliphatic rings. The minimum Gasteiger partial charge on any atom is -0.497 e. The fourth-order valence-corrected chi connectivity index (χ4v) is 2.66. The van der Waals surface area contributed by atoms with Gasteiger partial charge in [0.25, 0.3) is 0 Å². The van der Waals surface area contributed by atoms with Gasteiger partial charge in [-0.25, -0.2) is 4.79 Å². The predicted molar refractivity (Wildman–Crippen MR) is 112 cm³/mol. The van der Waals surface area contributed by atoms with Crippen molar-refractivity contribution in [1.29, 1.82) is 0 Å². The van der Waals surface area contributed by atoms with Crippen LogP contribution in [-0.4, -0.2) is 13.1 Å². The second kappa shape index (κ2) is 8.92. The highest BCUT2D eigenvalue weighted by atomic mass is 35.5. The standard InChI is InChI=1S/C22H19ClN2O2/c1-27-19-13-11-16(12-14-19)9-10-17-5-4-6-18(15-17)24-22(26)25-21-8-3-2-7-20(21)23/h2-15H,1H3,(H2,24,25,26)/b10-9-. The van der Waals surface area contributed by atoms with Gasteiger partial charge in [-0.2, -0.15) is 0 Å². The van der Waals surface area contributed by atoms with Crippen molar-refractivity contribution >= 4 is 41.2 Å². The Labute approximate surface area is 163 Å². The van der Waals surface area contributed by atoms with Crippen LogP contribution in [0.4, 0.5) is 16.2 Å². The monoisotopic (exact) mass is 378 g/mol. The lowest BCUT2D eigenvalue weighted by atomic mass is 10.1. The van der Waals surface area contributed by atoms with Gasteiger partial charge in [0.05, 0.1) is 17.8 Å². The Morgan fingerprint density at radius 2 is 1.63 bits per heavy atom. The Morgan fingerprint density at radius 3 is 2.37 bits per heavy atom. The van der Waals surface area contributed by atoms with Crippen LogP contribution < -0.4 is 15.4 Å². The van der Waals surface area contributed by atoms with E-state index in [1.807, 2.05) is 72.8 Å². The molecule has 2 N–H and O–H groups in total. The Kier molecular flexibility index (Phi) is 6.13. The molecule has 0 unspecified atom stereocenters. The summed E-state index contributed by atoms with van der Waals surface area (Å²) in [6, 6.07) is 22.1. The van der Waals surface area contributed by atoms with E-state index in [1.54, 1.807) is 19.2 Å². The van der Waals surface area contributed by atoms with E-state index in [9.17, 15) is 4.79 Å². The van der Waals surface area contributed by atoms with E-state index in [4.69, 9.17) is 16.3 Å². The van der Waals surface area contributed by atoms with Crippen LogP contribution in [0.1, 0.15) is 11.1 Å². The maximum absolute atomic E-state index is 12.2. The number of anilines is 2. The summed E-state index contributed by atoms with van der Waals surface area (Å²) < 4.78 is 5.16. The number of para-hydroxylation sites is 1. The third-order valence-electron chi connectivity index (χ3n) is 3.85. The largest absolute Gasteiger partial charge is 0.497 e. The molecule has 0 radical (unpaired) electrons. The quantitative estimate of drug-likeness (QED) is 0.522. The SMILES string of the molecule is COc1ccc(/C=C\c2cccc(NC(=O)Nc3ccccc3Cl)c2)cc1. The van der Waals surface area contributed by atoms with Crippen LogP contribution in [0.5, 0.6) is 5.75 Å². The fraction of sp³-hybridized carbons (Fsp3) is 0.0455. The lowest BCUT2D eigenvalue weighted by Gasteiger charge is -2.09. The van der Waals surface area contributed by atoms with Crippen molar-refractivity contribution in [2.45, 2.75) is 0 Å². The molecule has 3 rings (SSSR count). The van der Waals surface area contributed by atoms with Crippen LogP contribution >= 0.6 is 11.6 Å². The van der Waals surface area contributed by atoms with Gasteiger partial charge in [-0.1, -0.05) is 60.2 Å². The van der Waals surface area contributed by atoms with Crippen LogP contribution in [0.25, 0.3) is 12.2 Å². The average molecular weight is 379 g/mol. The number of benzene rings is 3. The van der Waals surface area contributed by atoms with E-state index in [2.05, 4.69) is 10.6 Å². The normalized spacial score (nSPS) is 10.6. The van der Waals surface area contributed by atoms with Crippen LogP contribution in [0.3, 0.4) is 0 Å². The molecule has 4 nitrogen and oxygen atoms in total. The van der Waals surface area contributed by atoms with Gasteiger partial charge < -0.3 is 15.4 Å². The van der Waals surface area contributed by atoms with E-state index in [1.165, 1.54) is 0 Å². The predicted octanol–water partition coefficient (Wildman–Crippen LogP) is 6.16. The van der Waals surface area contributed by atoms with Gasteiger partial charge in [0.15, 0.2) is 0 Å². The smallest absolute Gasteiger partial charge is 0.323 e. The summed E-state index contributed by atoms with van der Waals surface area (Å²) in [6.45, 7) is 0. The minimum absolute atomic E-state index is 0.348. The van der Waals surface area contributed by atoms with Crippen LogP contribution in [0.2, 0.25) is 5.02 Å². The number of amides is 2. The van der Waals surface area contributed by atoms with Gasteiger partial charge in [0.1, 0.15) is 5.75 Å². The fourth-order valence-electron chi connectivity index (χ4n) is 2.47. The Hall–Kier alpha value is -3.24. The number of nitrogens with one attached hydrogen (secondary N) is 2. The van der Waals surface area contributed by atoms with Gasteiger partial charge in [-0.05, 0) is 47.5 Å². The molecule has 3 aromatic carbocycles. The summed E-state index contributed by atoms with van der Waals surface area (Å²) >= 11 is 6.06. The summed E-state index contributed by atoms with van der Waals surface area (Å²) in [5, 5.41) is 6.04. The summed E-state index contributed by atoms with van der Waals surface area (Å²) in [6.07, 6.45) is 3.99. The number of carbonyl (C=O) groups excluding carboxylic acids is 1. The molecule has 0 heterocycles. The van der Waals surface area contributed by atoms with Crippen LogP contribution in [-0.2, 0) is 0 Å². The minimum atomic E-state index is -0.348. The molecule has 27 heavy (non-hydrogen) atoms. The number of halogens is 1. The van der Waals surface area contributed by atoms with Crippen molar-refractivity contribution in [1.82, 2.24) is 0 Å². The zero-order valence-electron chi connectivity index (χ0n) is 14.8. The highest BCUT2D eigenvalue weighted by Crippen LogP contribution is 2.21. The van der Waals surface area contributed by atoms with Crippen molar-refractivity contribution in [3.05, 3.63) is 88.9 Å². The number of hydrogen-bond donors (Lipinski definition) is 2. The van der Waals surface area contributed by atoms with E-state index < -0.39 is 0 Å². The van der Waals surface area contributed by atoms with Gasteiger partial charge in [-0.15, -0.1) is 0 Å². The first kappa shape index (κ1) is 18.5. The van der Waals surface area contributed by atoms with Gasteiger partial charge >= 0.3 is 6.03 Å². The number of hydrogen-bond acceptors (Lipinski definition) is 2. The summed E-state index contributed by atoms with van der Waals surface area (Å²) in [4.78, 5) is 12.2. The van der Waals surface area contributed by atoms with E-state index >= 15 is 0 Å². The molecule has 0 bridgehead atoms. The molecule has 0 fully saturated rings.